The van der Waals surface area contributed by atoms with Gasteiger partial charge in [0.15, 0.2) is 10.8 Å². The van der Waals surface area contributed by atoms with E-state index in [1.165, 1.54) is 49.9 Å². The monoisotopic (exact) mass is 714 g/mol. The maximum Gasteiger partial charge on any atom is 0.357 e. The van der Waals surface area contributed by atoms with Crippen molar-refractivity contribution in [3.63, 3.8) is 0 Å². The van der Waals surface area contributed by atoms with Crippen molar-refractivity contribution in [1.29, 1.82) is 0 Å². The third-order valence-electron chi connectivity index (χ3n) is 12.0. The number of para-hydroxylation sites is 1. The summed E-state index contributed by atoms with van der Waals surface area (Å²) in [5.74, 6) is 2.92. The number of hydrogen-bond acceptors (Lipinski definition) is 8. The van der Waals surface area contributed by atoms with Crippen LogP contribution in [-0.4, -0.2) is 44.8 Å². The zero-order valence-corrected chi connectivity index (χ0v) is 31.0. The lowest BCUT2D eigenvalue weighted by Crippen LogP contribution is -2.48. The normalized spacial score (nSPS) is 23.3. The quantitative estimate of drug-likeness (QED) is 0.152. The molecule has 4 aliphatic carbocycles. The number of aromatic nitrogens is 4. The first-order valence-electron chi connectivity index (χ1n) is 18.9. The molecule has 5 aromatic rings. The number of fused-ring (bicyclic) bond motifs is 2. The van der Waals surface area contributed by atoms with E-state index in [2.05, 4.69) is 32.9 Å². The molecule has 4 heterocycles. The van der Waals surface area contributed by atoms with Crippen molar-refractivity contribution < 1.29 is 14.3 Å². The van der Waals surface area contributed by atoms with Crippen LogP contribution >= 0.6 is 11.3 Å². The third kappa shape index (κ3) is 6.18. The van der Waals surface area contributed by atoms with Gasteiger partial charge in [-0.05, 0) is 122 Å². The lowest BCUT2D eigenvalue weighted by Gasteiger charge is -2.56. The maximum atomic E-state index is 13.8. The highest BCUT2D eigenvalue weighted by atomic mass is 32.1. The molecule has 5 aliphatic rings. The van der Waals surface area contributed by atoms with E-state index in [-0.39, 0.29) is 11.8 Å². The van der Waals surface area contributed by atoms with Crippen molar-refractivity contribution in [3.05, 3.63) is 88.9 Å². The van der Waals surface area contributed by atoms with Gasteiger partial charge >= 0.3 is 5.97 Å². The van der Waals surface area contributed by atoms with Crippen molar-refractivity contribution >= 4 is 44.4 Å². The molecule has 0 atom stereocenters. The molecular formula is C42H46N6O3S. The van der Waals surface area contributed by atoms with Gasteiger partial charge in [0, 0.05) is 42.0 Å². The number of esters is 1. The lowest BCUT2D eigenvalue weighted by molar-refractivity contribution is -0.0638. The number of carbonyl (C=O) groups excluding carboxylic acids is 2. The SMILES string of the molecule is Cc1c(-c2ccc(N3CCc4cccc(C(=O)Nc5nc6ccccc6s5)c4C3)nc2C(=O)OCC(C)C)cnn1CC12CC3CC(CC(C3)C1)C2. The summed E-state index contributed by atoms with van der Waals surface area (Å²) in [7, 11) is 0. The molecule has 1 aliphatic heterocycles. The predicted octanol–water partition coefficient (Wildman–Crippen LogP) is 8.71. The van der Waals surface area contributed by atoms with E-state index >= 15 is 0 Å². The molecule has 4 bridgehead atoms. The fourth-order valence-corrected chi connectivity index (χ4v) is 10.9. The fraction of sp³-hybridized carbons (Fsp3) is 0.452. The number of rotatable bonds is 9. The summed E-state index contributed by atoms with van der Waals surface area (Å²) in [4.78, 5) is 39.2. The smallest absolute Gasteiger partial charge is 0.357 e. The summed E-state index contributed by atoms with van der Waals surface area (Å²) >= 11 is 1.47. The number of nitrogens with zero attached hydrogens (tertiary/aromatic N) is 5. The summed E-state index contributed by atoms with van der Waals surface area (Å²) in [6, 6.07) is 17.8. The zero-order valence-electron chi connectivity index (χ0n) is 30.2. The van der Waals surface area contributed by atoms with Gasteiger partial charge in [0.25, 0.3) is 5.91 Å². The van der Waals surface area contributed by atoms with E-state index in [9.17, 15) is 9.59 Å². The first kappa shape index (κ1) is 33.3. The third-order valence-corrected chi connectivity index (χ3v) is 13.0. The number of thiazole rings is 1. The topological polar surface area (TPSA) is 102 Å². The Bertz CT molecular complexity index is 2120. The molecule has 4 fully saturated rings. The molecule has 0 saturated heterocycles. The number of ether oxygens (including phenoxy) is 1. The molecule has 0 spiro atoms. The summed E-state index contributed by atoms with van der Waals surface area (Å²) in [6.45, 7) is 8.67. The predicted molar refractivity (Wildman–Crippen MR) is 205 cm³/mol. The summed E-state index contributed by atoms with van der Waals surface area (Å²) in [5, 5.41) is 8.55. The second-order valence-electron chi connectivity index (χ2n) is 16.3. The average molecular weight is 715 g/mol. The van der Waals surface area contributed by atoms with Gasteiger partial charge in [-0.1, -0.05) is 49.4 Å². The fourth-order valence-electron chi connectivity index (χ4n) is 10.1. The minimum Gasteiger partial charge on any atom is -0.461 e. The molecule has 0 unspecified atom stereocenters. The van der Waals surface area contributed by atoms with E-state index in [4.69, 9.17) is 14.8 Å². The first-order valence-corrected chi connectivity index (χ1v) is 19.8. The van der Waals surface area contributed by atoms with Gasteiger partial charge in [-0.2, -0.15) is 5.10 Å². The molecule has 2 aromatic carbocycles. The Kier molecular flexibility index (Phi) is 8.40. The number of amides is 1. The Balaban J connectivity index is 0.997. The van der Waals surface area contributed by atoms with Crippen LogP contribution in [-0.2, 0) is 24.2 Å². The van der Waals surface area contributed by atoms with Gasteiger partial charge in [-0.3, -0.25) is 14.8 Å². The van der Waals surface area contributed by atoms with Crippen LogP contribution in [0.25, 0.3) is 21.3 Å². The van der Waals surface area contributed by atoms with Crippen LogP contribution in [0.5, 0.6) is 0 Å². The molecular weight excluding hydrogens is 669 g/mol. The molecule has 3 aromatic heterocycles. The van der Waals surface area contributed by atoms with Crippen molar-refractivity contribution in [2.24, 2.45) is 29.1 Å². The highest BCUT2D eigenvalue weighted by molar-refractivity contribution is 7.22. The lowest BCUT2D eigenvalue weighted by atomic mass is 9.49. The summed E-state index contributed by atoms with van der Waals surface area (Å²) < 4.78 is 9.04. The highest BCUT2D eigenvalue weighted by Crippen LogP contribution is 2.60. The first-order chi connectivity index (χ1) is 25.2. The van der Waals surface area contributed by atoms with E-state index in [1.54, 1.807) is 0 Å². The molecule has 10 rings (SSSR count). The molecule has 268 valence electrons. The van der Waals surface area contributed by atoms with Crippen LogP contribution in [0.3, 0.4) is 0 Å². The minimum absolute atomic E-state index is 0.181. The number of benzene rings is 2. The van der Waals surface area contributed by atoms with Crippen LogP contribution in [0.4, 0.5) is 10.9 Å². The van der Waals surface area contributed by atoms with Crippen molar-refractivity contribution in [2.75, 3.05) is 23.4 Å². The largest absolute Gasteiger partial charge is 0.461 e. The van der Waals surface area contributed by atoms with Crippen molar-refractivity contribution in [3.8, 4) is 11.1 Å². The van der Waals surface area contributed by atoms with E-state index in [0.717, 1.165) is 68.9 Å². The number of nitrogens with one attached hydrogen (secondary N) is 1. The molecule has 4 saturated carbocycles. The van der Waals surface area contributed by atoms with Crippen LogP contribution < -0.4 is 10.2 Å². The Hall–Kier alpha value is -4.57. The van der Waals surface area contributed by atoms with Crippen LogP contribution in [0.15, 0.2) is 60.8 Å². The van der Waals surface area contributed by atoms with Crippen LogP contribution in [0, 0.1) is 36.0 Å². The summed E-state index contributed by atoms with van der Waals surface area (Å²) in [6.07, 6.45) is 10.9. The standard InChI is InChI=1S/C42H46N6O3S/c1-25(2)23-51-40(50)38-31(33-21-43-48(26(33)3)24-42-18-27-15-28(19-42)17-29(16-27)20-42)11-12-37(45-38)47-14-13-30-7-6-8-32(34(30)22-47)39(49)46-41-44-35-9-4-5-10-36(35)52-41/h4-12,21,25,27-29H,13-20,22-24H2,1-3H3,(H,44,46,49). The van der Waals surface area contributed by atoms with E-state index in [1.807, 2.05) is 68.6 Å². The molecule has 9 nitrogen and oxygen atoms in total. The highest BCUT2D eigenvalue weighted by Gasteiger charge is 2.51. The Morgan fingerprint density at radius 1 is 0.962 bits per heavy atom. The number of pyridine rings is 1. The number of carbonyl (C=O) groups is 2. The minimum atomic E-state index is -0.424. The Morgan fingerprint density at radius 3 is 2.48 bits per heavy atom. The Morgan fingerprint density at radius 2 is 1.73 bits per heavy atom. The van der Waals surface area contributed by atoms with Gasteiger partial charge in [0.2, 0.25) is 0 Å². The maximum absolute atomic E-state index is 13.8. The van der Waals surface area contributed by atoms with E-state index in [0.29, 0.717) is 47.3 Å². The average Bonchev–Trinajstić information content (AvgIpc) is 3.70. The Labute approximate surface area is 308 Å². The van der Waals surface area contributed by atoms with Gasteiger partial charge in [-0.25, -0.2) is 14.8 Å². The van der Waals surface area contributed by atoms with Gasteiger partial charge < -0.3 is 9.64 Å². The zero-order chi connectivity index (χ0) is 35.6. The van der Waals surface area contributed by atoms with E-state index < -0.39 is 5.97 Å². The van der Waals surface area contributed by atoms with Crippen LogP contribution in [0.2, 0.25) is 0 Å². The second kappa shape index (κ2) is 13.1. The molecule has 0 radical (unpaired) electrons. The molecule has 1 amide bonds. The second-order valence-corrected chi connectivity index (χ2v) is 17.4. The number of anilines is 2. The molecule has 52 heavy (non-hydrogen) atoms. The van der Waals surface area contributed by atoms with Gasteiger partial charge in [0.1, 0.15) is 5.82 Å². The van der Waals surface area contributed by atoms with Crippen LogP contribution in [0.1, 0.15) is 90.0 Å². The van der Waals surface area contributed by atoms with Gasteiger partial charge in [-0.15, -0.1) is 0 Å². The number of hydrogen-bond donors (Lipinski definition) is 1. The molecule has 10 heteroatoms. The van der Waals surface area contributed by atoms with Crippen molar-refractivity contribution in [2.45, 2.75) is 78.8 Å². The van der Waals surface area contributed by atoms with Gasteiger partial charge in [0.05, 0.1) is 23.0 Å². The van der Waals surface area contributed by atoms with Crippen molar-refractivity contribution in [1.82, 2.24) is 19.7 Å². The summed E-state index contributed by atoms with van der Waals surface area (Å²) in [5.41, 5.74) is 6.99. The molecule has 1 N–H and O–H groups in total.